The van der Waals surface area contributed by atoms with Crippen molar-refractivity contribution in [2.24, 2.45) is 5.92 Å². The Morgan fingerprint density at radius 3 is 2.63 bits per heavy atom. The molecule has 0 radical (unpaired) electrons. The molecule has 3 rings (SSSR count). The van der Waals surface area contributed by atoms with E-state index in [1.807, 2.05) is 0 Å². The molecule has 2 aliphatic heterocycles. The molecule has 4 heteroatoms. The highest BCUT2D eigenvalue weighted by Gasteiger charge is 2.38. The Bertz CT molecular complexity index is 323. The number of rotatable bonds is 1. The van der Waals surface area contributed by atoms with Gasteiger partial charge in [-0.05, 0) is 38.5 Å². The van der Waals surface area contributed by atoms with E-state index in [0.717, 1.165) is 25.6 Å². The summed E-state index contributed by atoms with van der Waals surface area (Å²) in [6, 6.07) is 1.01. The zero-order chi connectivity index (χ0) is 13.2. The summed E-state index contributed by atoms with van der Waals surface area (Å²) >= 11 is 0. The lowest BCUT2D eigenvalue weighted by atomic mass is 9.78. The van der Waals surface area contributed by atoms with Gasteiger partial charge in [-0.25, -0.2) is 0 Å². The van der Waals surface area contributed by atoms with E-state index >= 15 is 0 Å². The summed E-state index contributed by atoms with van der Waals surface area (Å²) in [7, 11) is 0. The first-order valence-electron chi connectivity index (χ1n) is 8.03. The van der Waals surface area contributed by atoms with Crippen LogP contribution in [-0.4, -0.2) is 48.6 Å². The van der Waals surface area contributed by atoms with Gasteiger partial charge in [-0.15, -0.1) is 0 Å². The summed E-state index contributed by atoms with van der Waals surface area (Å²) in [4.78, 5) is 14.9. The first-order valence-corrected chi connectivity index (χ1v) is 8.03. The van der Waals surface area contributed by atoms with E-state index in [0.29, 0.717) is 18.0 Å². The van der Waals surface area contributed by atoms with E-state index in [9.17, 15) is 4.79 Å². The summed E-state index contributed by atoms with van der Waals surface area (Å²) in [5.74, 6) is 1.12. The number of nitrogens with one attached hydrogen (secondary N) is 2. The van der Waals surface area contributed by atoms with Gasteiger partial charge in [0.15, 0.2) is 0 Å². The molecule has 2 unspecified atom stereocenters. The van der Waals surface area contributed by atoms with Gasteiger partial charge < -0.3 is 15.5 Å². The molecule has 4 nitrogen and oxygen atoms in total. The molecule has 0 aromatic heterocycles. The normalized spacial score (nSPS) is 39.7. The van der Waals surface area contributed by atoms with E-state index in [-0.39, 0.29) is 6.04 Å². The van der Waals surface area contributed by atoms with Crippen molar-refractivity contribution in [3.05, 3.63) is 0 Å². The minimum Gasteiger partial charge on any atom is -0.338 e. The third-order valence-corrected chi connectivity index (χ3v) is 5.17. The van der Waals surface area contributed by atoms with Gasteiger partial charge in [0.25, 0.3) is 0 Å². The van der Waals surface area contributed by atoms with Gasteiger partial charge in [-0.1, -0.05) is 12.8 Å². The largest absolute Gasteiger partial charge is 0.338 e. The third-order valence-electron chi connectivity index (χ3n) is 5.17. The van der Waals surface area contributed by atoms with Crippen LogP contribution in [0.2, 0.25) is 0 Å². The van der Waals surface area contributed by atoms with Crippen LogP contribution in [0.4, 0.5) is 0 Å². The Morgan fingerprint density at radius 1 is 1.05 bits per heavy atom. The summed E-state index contributed by atoms with van der Waals surface area (Å²) in [5, 5.41) is 6.82. The van der Waals surface area contributed by atoms with Crippen molar-refractivity contribution in [1.82, 2.24) is 15.5 Å². The number of hydrogen-bond donors (Lipinski definition) is 2. The molecular weight excluding hydrogens is 238 g/mol. The van der Waals surface area contributed by atoms with Crippen LogP contribution in [0.15, 0.2) is 0 Å². The highest BCUT2D eigenvalue weighted by molar-refractivity contribution is 5.82. The summed E-state index contributed by atoms with van der Waals surface area (Å²) in [6.45, 7) is 4.83. The molecular formula is C15H27N3O. The maximum atomic E-state index is 12.7. The zero-order valence-electron chi connectivity index (χ0n) is 12.0. The summed E-state index contributed by atoms with van der Waals surface area (Å²) in [5.41, 5.74) is 0. The van der Waals surface area contributed by atoms with E-state index in [4.69, 9.17) is 0 Å². The van der Waals surface area contributed by atoms with Crippen LogP contribution in [0.3, 0.4) is 0 Å². The molecule has 0 aromatic carbocycles. The van der Waals surface area contributed by atoms with E-state index < -0.39 is 0 Å². The number of fused-ring (bicyclic) bond motifs is 1. The Morgan fingerprint density at radius 2 is 1.84 bits per heavy atom. The molecule has 3 aliphatic rings. The molecule has 2 N–H and O–H groups in total. The molecule has 0 aromatic rings. The molecule has 3 fully saturated rings. The van der Waals surface area contributed by atoms with Gasteiger partial charge in [0.05, 0.1) is 6.04 Å². The molecule has 1 saturated carbocycles. The molecule has 2 heterocycles. The monoisotopic (exact) mass is 265 g/mol. The molecule has 2 saturated heterocycles. The Balaban J connectivity index is 1.64. The second-order valence-corrected chi connectivity index (χ2v) is 6.56. The second kappa shape index (κ2) is 5.80. The third kappa shape index (κ3) is 2.79. The van der Waals surface area contributed by atoms with Gasteiger partial charge in [0.1, 0.15) is 0 Å². The molecule has 19 heavy (non-hydrogen) atoms. The quantitative estimate of drug-likeness (QED) is 0.747. The van der Waals surface area contributed by atoms with Crippen molar-refractivity contribution < 1.29 is 4.79 Å². The fourth-order valence-corrected chi connectivity index (χ4v) is 4.06. The van der Waals surface area contributed by atoms with Crippen LogP contribution in [-0.2, 0) is 4.79 Å². The summed E-state index contributed by atoms with van der Waals surface area (Å²) in [6.07, 6.45) is 7.77. The lowest BCUT2D eigenvalue weighted by molar-refractivity contribution is -0.140. The van der Waals surface area contributed by atoms with Gasteiger partial charge >= 0.3 is 0 Å². The topological polar surface area (TPSA) is 44.4 Å². The van der Waals surface area contributed by atoms with Gasteiger partial charge in [-0.2, -0.15) is 0 Å². The summed E-state index contributed by atoms with van der Waals surface area (Å²) < 4.78 is 0. The Kier molecular flexibility index (Phi) is 4.08. The predicted octanol–water partition coefficient (Wildman–Crippen LogP) is 1.12. The minimum atomic E-state index is -0.00289. The van der Waals surface area contributed by atoms with Crippen LogP contribution >= 0.6 is 0 Å². The Labute approximate surface area is 116 Å². The second-order valence-electron chi connectivity index (χ2n) is 6.56. The number of likely N-dealkylation sites (tertiary alicyclic amines) is 1. The van der Waals surface area contributed by atoms with E-state index in [1.54, 1.807) is 0 Å². The maximum absolute atomic E-state index is 12.7. The van der Waals surface area contributed by atoms with Crippen molar-refractivity contribution >= 4 is 5.91 Å². The Hall–Kier alpha value is -0.610. The van der Waals surface area contributed by atoms with Crippen LogP contribution in [0.1, 0.15) is 45.4 Å². The lowest BCUT2D eigenvalue weighted by Crippen LogP contribution is -2.62. The fraction of sp³-hybridized carbons (Fsp3) is 0.933. The average molecular weight is 265 g/mol. The van der Waals surface area contributed by atoms with E-state index in [2.05, 4.69) is 22.5 Å². The van der Waals surface area contributed by atoms with Crippen molar-refractivity contribution in [3.8, 4) is 0 Å². The molecule has 0 bridgehead atoms. The maximum Gasteiger partial charge on any atom is 0.241 e. The number of nitrogens with zero attached hydrogens (tertiary/aromatic N) is 1. The first-order chi connectivity index (χ1) is 9.25. The minimum absolute atomic E-state index is 0.00289. The molecule has 1 aliphatic carbocycles. The van der Waals surface area contributed by atoms with Crippen molar-refractivity contribution in [3.63, 3.8) is 0 Å². The highest BCUT2D eigenvalue weighted by Crippen LogP contribution is 2.35. The zero-order valence-corrected chi connectivity index (χ0v) is 12.0. The average Bonchev–Trinajstić information content (AvgIpc) is 2.47. The number of carbonyl (C=O) groups excluding carboxylic acids is 1. The number of hydrogen-bond acceptors (Lipinski definition) is 3. The number of piperazine rings is 1. The number of amides is 1. The van der Waals surface area contributed by atoms with Gasteiger partial charge in [0, 0.05) is 31.7 Å². The highest BCUT2D eigenvalue weighted by atomic mass is 16.2. The smallest absolute Gasteiger partial charge is 0.241 e. The van der Waals surface area contributed by atoms with Crippen LogP contribution in [0.25, 0.3) is 0 Å². The van der Waals surface area contributed by atoms with Crippen LogP contribution in [0, 0.1) is 5.92 Å². The molecule has 1 amide bonds. The van der Waals surface area contributed by atoms with Crippen molar-refractivity contribution in [1.29, 1.82) is 0 Å². The first kappa shape index (κ1) is 13.4. The predicted molar refractivity (Wildman–Crippen MR) is 75.9 cm³/mol. The fourth-order valence-electron chi connectivity index (χ4n) is 4.06. The molecule has 4 atom stereocenters. The van der Waals surface area contributed by atoms with Crippen LogP contribution < -0.4 is 10.6 Å². The van der Waals surface area contributed by atoms with Crippen molar-refractivity contribution in [2.45, 2.75) is 63.6 Å². The van der Waals surface area contributed by atoms with Gasteiger partial charge in [-0.3, -0.25) is 4.79 Å². The van der Waals surface area contributed by atoms with Crippen molar-refractivity contribution in [2.75, 3.05) is 19.6 Å². The SMILES string of the molecule is CC1CNC(C(=O)N2CCC[C@H]3CCCC[C@H]32)CN1. The lowest BCUT2D eigenvalue weighted by Gasteiger charge is -2.46. The molecule has 0 spiro atoms. The number of piperidine rings is 1. The number of carbonyl (C=O) groups is 1. The van der Waals surface area contributed by atoms with E-state index in [1.165, 1.54) is 38.5 Å². The standard InChI is InChI=1S/C15H27N3O/c1-11-9-17-13(10-16-11)15(19)18-8-4-6-12-5-2-3-7-14(12)18/h11-14,16-17H,2-10H2,1H3/t11?,12-,13?,14-/m1/s1. The van der Waals surface area contributed by atoms with Crippen LogP contribution in [0.5, 0.6) is 0 Å². The molecule has 108 valence electrons. The van der Waals surface area contributed by atoms with Gasteiger partial charge in [0.2, 0.25) is 5.91 Å².